The molecule has 1 aliphatic rings. The van der Waals surface area contributed by atoms with Gasteiger partial charge in [-0.05, 0) is 25.1 Å². The molecule has 0 atom stereocenters. The molecule has 0 fully saturated rings. The Labute approximate surface area is 102 Å². The van der Waals surface area contributed by atoms with E-state index in [1.54, 1.807) is 25.1 Å². The number of halogens is 1. The Morgan fingerprint density at radius 1 is 1.41 bits per heavy atom. The number of ketones is 1. The Hall–Kier alpha value is -1.81. The lowest BCUT2D eigenvalue weighted by molar-refractivity contribution is 0.103. The first-order valence-electron chi connectivity index (χ1n) is 5.09. The molecule has 2 aromatic rings. The molecule has 17 heavy (non-hydrogen) atoms. The molecule has 1 aliphatic heterocycles. The van der Waals surface area contributed by atoms with E-state index in [2.05, 4.69) is 5.16 Å². The second kappa shape index (κ2) is 3.60. The van der Waals surface area contributed by atoms with E-state index >= 15 is 0 Å². The van der Waals surface area contributed by atoms with Gasteiger partial charge in [-0.25, -0.2) is 0 Å². The third-order valence-electron chi connectivity index (χ3n) is 2.71. The maximum absolute atomic E-state index is 12.3. The van der Waals surface area contributed by atoms with Gasteiger partial charge in [-0.2, -0.15) is 0 Å². The molecule has 3 rings (SSSR count). The van der Waals surface area contributed by atoms with Crippen LogP contribution in [0.4, 0.5) is 0 Å². The number of ether oxygens (including phenoxy) is 1. The van der Waals surface area contributed by atoms with E-state index in [0.29, 0.717) is 33.4 Å². The zero-order chi connectivity index (χ0) is 12.0. The van der Waals surface area contributed by atoms with E-state index in [1.807, 2.05) is 0 Å². The van der Waals surface area contributed by atoms with E-state index in [1.165, 1.54) is 0 Å². The summed E-state index contributed by atoms with van der Waals surface area (Å²) in [6, 6.07) is 4.97. The first-order valence-corrected chi connectivity index (χ1v) is 5.47. The summed E-state index contributed by atoms with van der Waals surface area (Å²) in [5, 5.41) is 4.28. The molecular weight excluding hydrogens is 242 g/mol. The summed E-state index contributed by atoms with van der Waals surface area (Å²) < 4.78 is 10.6. The van der Waals surface area contributed by atoms with Crippen molar-refractivity contribution in [3.05, 3.63) is 45.8 Å². The molecule has 0 amide bonds. The van der Waals surface area contributed by atoms with Crippen LogP contribution in [0.15, 0.2) is 22.7 Å². The number of nitrogens with zero attached hydrogens (tertiary/aromatic N) is 1. The summed E-state index contributed by atoms with van der Waals surface area (Å²) in [5.41, 5.74) is 1.50. The van der Waals surface area contributed by atoms with Crippen molar-refractivity contribution in [2.24, 2.45) is 0 Å². The lowest BCUT2D eigenvalue weighted by Gasteiger charge is -2.05. The standard InChI is InChI=1S/C12H8ClNO3/c1-6-11-10(17-14-6)5-16-9-3-2-7(13)4-8(9)12(11)15/h2-4H,5H2,1H3. The first kappa shape index (κ1) is 10.4. The zero-order valence-corrected chi connectivity index (χ0v) is 9.75. The third-order valence-corrected chi connectivity index (χ3v) is 2.94. The van der Waals surface area contributed by atoms with Gasteiger partial charge in [0, 0.05) is 5.02 Å². The van der Waals surface area contributed by atoms with Crippen molar-refractivity contribution in [1.29, 1.82) is 0 Å². The average Bonchev–Trinajstić information content (AvgIpc) is 2.61. The van der Waals surface area contributed by atoms with Crippen LogP contribution in [-0.2, 0) is 6.61 Å². The molecule has 0 spiro atoms. The average molecular weight is 250 g/mol. The molecule has 1 aromatic heterocycles. The second-order valence-corrected chi connectivity index (χ2v) is 4.26. The molecule has 0 radical (unpaired) electrons. The van der Waals surface area contributed by atoms with Gasteiger partial charge in [0.15, 0.2) is 5.76 Å². The molecule has 1 aromatic carbocycles. The van der Waals surface area contributed by atoms with Crippen molar-refractivity contribution < 1.29 is 14.1 Å². The van der Waals surface area contributed by atoms with Gasteiger partial charge in [0.25, 0.3) is 0 Å². The number of hydrogen-bond donors (Lipinski definition) is 0. The Bertz CT molecular complexity index is 618. The number of carbonyl (C=O) groups excluding carboxylic acids is 1. The van der Waals surface area contributed by atoms with Crippen LogP contribution in [-0.4, -0.2) is 10.9 Å². The number of rotatable bonds is 0. The minimum atomic E-state index is -0.159. The summed E-state index contributed by atoms with van der Waals surface area (Å²) in [5.74, 6) is 0.818. The molecule has 0 bridgehead atoms. The van der Waals surface area contributed by atoms with Crippen LogP contribution in [0, 0.1) is 6.92 Å². The second-order valence-electron chi connectivity index (χ2n) is 3.82. The summed E-state index contributed by atoms with van der Waals surface area (Å²) in [7, 11) is 0. The topological polar surface area (TPSA) is 52.3 Å². The van der Waals surface area contributed by atoms with Crippen molar-refractivity contribution in [3.63, 3.8) is 0 Å². The molecule has 0 unspecified atom stereocenters. The fourth-order valence-electron chi connectivity index (χ4n) is 1.89. The first-order chi connectivity index (χ1) is 8.16. The monoisotopic (exact) mass is 249 g/mol. The lowest BCUT2D eigenvalue weighted by atomic mass is 10.0. The van der Waals surface area contributed by atoms with Crippen LogP contribution in [0.5, 0.6) is 5.75 Å². The van der Waals surface area contributed by atoms with Gasteiger partial charge >= 0.3 is 0 Å². The van der Waals surface area contributed by atoms with Crippen LogP contribution in [0.1, 0.15) is 27.4 Å². The van der Waals surface area contributed by atoms with Crippen molar-refractivity contribution in [2.45, 2.75) is 13.5 Å². The van der Waals surface area contributed by atoms with Crippen molar-refractivity contribution in [3.8, 4) is 5.75 Å². The fourth-order valence-corrected chi connectivity index (χ4v) is 2.06. The van der Waals surface area contributed by atoms with Crippen LogP contribution >= 0.6 is 11.6 Å². The van der Waals surface area contributed by atoms with E-state index in [4.69, 9.17) is 20.9 Å². The maximum atomic E-state index is 12.3. The van der Waals surface area contributed by atoms with Crippen LogP contribution in [0.2, 0.25) is 5.02 Å². The normalized spacial score (nSPS) is 13.6. The SMILES string of the molecule is Cc1noc2c1C(=O)c1cc(Cl)ccc1OC2. The Morgan fingerprint density at radius 3 is 3.06 bits per heavy atom. The number of carbonyl (C=O) groups is 1. The molecule has 2 heterocycles. The van der Waals surface area contributed by atoms with E-state index in [9.17, 15) is 4.79 Å². The highest BCUT2D eigenvalue weighted by molar-refractivity contribution is 6.31. The highest BCUT2D eigenvalue weighted by Crippen LogP contribution is 2.31. The fraction of sp³-hybridized carbons (Fsp3) is 0.167. The molecule has 0 saturated carbocycles. The van der Waals surface area contributed by atoms with Gasteiger partial charge in [0.1, 0.15) is 12.4 Å². The maximum Gasteiger partial charge on any atom is 0.202 e. The summed E-state index contributed by atoms with van der Waals surface area (Å²) in [6.07, 6.45) is 0. The molecule has 0 N–H and O–H groups in total. The molecular formula is C12H8ClNO3. The zero-order valence-electron chi connectivity index (χ0n) is 8.99. The quantitative estimate of drug-likeness (QED) is 0.720. The number of fused-ring (bicyclic) bond motifs is 2. The molecule has 86 valence electrons. The van der Waals surface area contributed by atoms with Gasteiger partial charge in [0.2, 0.25) is 5.78 Å². The highest BCUT2D eigenvalue weighted by atomic mass is 35.5. The smallest absolute Gasteiger partial charge is 0.202 e. The molecule has 5 heteroatoms. The Kier molecular flexibility index (Phi) is 2.19. The van der Waals surface area contributed by atoms with E-state index in [0.717, 1.165) is 0 Å². The van der Waals surface area contributed by atoms with Crippen molar-refractivity contribution in [1.82, 2.24) is 5.16 Å². The third kappa shape index (κ3) is 1.52. The van der Waals surface area contributed by atoms with Gasteiger partial charge in [-0.1, -0.05) is 16.8 Å². The molecule has 4 nitrogen and oxygen atoms in total. The van der Waals surface area contributed by atoms with Crippen molar-refractivity contribution in [2.75, 3.05) is 0 Å². The number of aromatic nitrogens is 1. The largest absolute Gasteiger partial charge is 0.485 e. The minimum Gasteiger partial charge on any atom is -0.485 e. The summed E-state index contributed by atoms with van der Waals surface area (Å²) in [4.78, 5) is 12.3. The summed E-state index contributed by atoms with van der Waals surface area (Å²) >= 11 is 5.89. The minimum absolute atomic E-state index is 0.159. The summed E-state index contributed by atoms with van der Waals surface area (Å²) in [6.45, 7) is 1.94. The van der Waals surface area contributed by atoms with Gasteiger partial charge in [-0.3, -0.25) is 4.79 Å². The van der Waals surface area contributed by atoms with Crippen molar-refractivity contribution >= 4 is 17.4 Å². The van der Waals surface area contributed by atoms with Gasteiger partial charge < -0.3 is 9.26 Å². The van der Waals surface area contributed by atoms with Gasteiger partial charge in [0.05, 0.1) is 16.8 Å². The van der Waals surface area contributed by atoms with Gasteiger partial charge in [-0.15, -0.1) is 0 Å². The van der Waals surface area contributed by atoms with E-state index < -0.39 is 0 Å². The predicted octanol–water partition coefficient (Wildman–Crippen LogP) is 2.76. The van der Waals surface area contributed by atoms with Crippen LogP contribution in [0.25, 0.3) is 0 Å². The lowest BCUT2D eigenvalue weighted by Crippen LogP contribution is -2.02. The van der Waals surface area contributed by atoms with Crippen LogP contribution in [0.3, 0.4) is 0 Å². The molecule has 0 saturated heterocycles. The predicted molar refractivity (Wildman–Crippen MR) is 60.5 cm³/mol. The Balaban J connectivity index is 2.24. The number of aryl methyl sites for hydroxylation is 1. The number of hydrogen-bond acceptors (Lipinski definition) is 4. The highest BCUT2D eigenvalue weighted by Gasteiger charge is 2.28. The van der Waals surface area contributed by atoms with E-state index in [-0.39, 0.29) is 12.4 Å². The number of benzene rings is 1. The Morgan fingerprint density at radius 2 is 2.24 bits per heavy atom. The molecule has 0 aliphatic carbocycles. The van der Waals surface area contributed by atoms with Crippen LogP contribution < -0.4 is 4.74 Å².